The van der Waals surface area contributed by atoms with E-state index in [2.05, 4.69) is 36.2 Å². The van der Waals surface area contributed by atoms with E-state index in [1.54, 1.807) is 10.9 Å². The first-order chi connectivity index (χ1) is 11.3. The van der Waals surface area contributed by atoms with Gasteiger partial charge in [-0.15, -0.1) is 11.3 Å². The Morgan fingerprint density at radius 1 is 1.42 bits per heavy atom. The van der Waals surface area contributed by atoms with Gasteiger partial charge in [0.25, 0.3) is 5.91 Å². The van der Waals surface area contributed by atoms with E-state index in [1.165, 1.54) is 24.2 Å². The van der Waals surface area contributed by atoms with E-state index >= 15 is 0 Å². The van der Waals surface area contributed by atoms with Gasteiger partial charge in [-0.25, -0.2) is 4.98 Å². The van der Waals surface area contributed by atoms with Gasteiger partial charge in [0.15, 0.2) is 0 Å². The molecule has 2 aliphatic rings. The maximum absolute atomic E-state index is 12.7. The number of carbonyl (C=O) groups excluding carboxylic acids is 1. The van der Waals surface area contributed by atoms with Crippen LogP contribution in [0.15, 0.2) is 17.8 Å². The highest BCUT2D eigenvalue weighted by Crippen LogP contribution is 2.65. The second-order valence-electron chi connectivity index (χ2n) is 8.08. The number of rotatable bonds is 3. The van der Waals surface area contributed by atoms with Crippen LogP contribution in [0.1, 0.15) is 50.5 Å². The molecule has 0 saturated heterocycles. The summed E-state index contributed by atoms with van der Waals surface area (Å²) in [7, 11) is 1.88. The van der Waals surface area contributed by atoms with Crippen molar-refractivity contribution in [2.24, 2.45) is 23.8 Å². The van der Waals surface area contributed by atoms with Crippen LogP contribution in [-0.2, 0) is 7.05 Å². The van der Waals surface area contributed by atoms with Crippen LogP contribution in [0.2, 0.25) is 0 Å². The minimum atomic E-state index is -0.0454. The third-order valence-electron chi connectivity index (χ3n) is 6.79. The zero-order valence-corrected chi connectivity index (χ0v) is 15.5. The summed E-state index contributed by atoms with van der Waals surface area (Å²) >= 11 is 1.49. The molecule has 0 spiro atoms. The third-order valence-corrected chi connectivity index (χ3v) is 7.68. The van der Waals surface area contributed by atoms with Gasteiger partial charge in [-0.3, -0.25) is 9.48 Å². The molecule has 0 radical (unpaired) electrons. The Bertz CT molecular complexity index is 793. The molecule has 1 amide bonds. The monoisotopic (exact) mass is 344 g/mol. The molecule has 3 atom stereocenters. The number of hydrogen-bond donors (Lipinski definition) is 1. The lowest BCUT2D eigenvalue weighted by Gasteiger charge is -2.39. The van der Waals surface area contributed by atoms with E-state index in [-0.39, 0.29) is 17.4 Å². The number of amides is 1. The highest BCUT2D eigenvalue weighted by molar-refractivity contribution is 7.13. The molecular formula is C18H24N4OS. The third kappa shape index (κ3) is 2.15. The summed E-state index contributed by atoms with van der Waals surface area (Å²) < 4.78 is 1.74. The molecule has 1 N–H and O–H groups in total. The number of aromatic nitrogens is 3. The number of thiazole rings is 1. The summed E-state index contributed by atoms with van der Waals surface area (Å²) in [4.78, 5) is 17.2. The van der Waals surface area contributed by atoms with Gasteiger partial charge in [0, 0.05) is 30.2 Å². The highest BCUT2D eigenvalue weighted by Gasteiger charge is 2.61. The molecule has 128 valence electrons. The fourth-order valence-corrected chi connectivity index (χ4v) is 5.47. The molecule has 2 aromatic heterocycles. The van der Waals surface area contributed by atoms with E-state index in [0.717, 1.165) is 17.0 Å². The maximum Gasteiger partial charge on any atom is 0.271 e. The van der Waals surface area contributed by atoms with Crippen LogP contribution in [0.3, 0.4) is 0 Å². The Morgan fingerprint density at radius 2 is 2.21 bits per heavy atom. The first-order valence-electron chi connectivity index (χ1n) is 8.57. The number of carbonyl (C=O) groups is 1. The lowest BCUT2D eigenvalue weighted by Crippen LogP contribution is -2.46. The Balaban J connectivity index is 1.51. The molecule has 2 saturated carbocycles. The molecule has 2 fully saturated rings. The highest BCUT2D eigenvalue weighted by atomic mass is 32.1. The van der Waals surface area contributed by atoms with Crippen LogP contribution < -0.4 is 5.32 Å². The minimum absolute atomic E-state index is 0.0454. The van der Waals surface area contributed by atoms with Crippen molar-refractivity contribution < 1.29 is 4.79 Å². The SMILES string of the molecule is Cn1cc(-c2nc(C(=O)NC3CC4CCC3(C)C4(C)C)cs2)cn1. The standard InChI is InChI=1S/C18H24N4OS/c1-17(2)12-5-6-18(17,3)14(7-12)21-15(23)13-10-24-16(20-13)11-8-19-22(4)9-11/h8-10,12,14H,5-7H2,1-4H3,(H,21,23). The Hall–Kier alpha value is -1.69. The smallest absolute Gasteiger partial charge is 0.271 e. The van der Waals surface area contributed by atoms with Gasteiger partial charge in [-0.05, 0) is 36.0 Å². The van der Waals surface area contributed by atoms with Crippen LogP contribution in [0.4, 0.5) is 0 Å². The molecule has 2 aliphatic carbocycles. The summed E-state index contributed by atoms with van der Waals surface area (Å²) in [6.45, 7) is 7.06. The van der Waals surface area contributed by atoms with Crippen LogP contribution in [-0.4, -0.2) is 26.7 Å². The molecule has 6 heteroatoms. The fraction of sp³-hybridized carbons (Fsp3) is 0.611. The van der Waals surface area contributed by atoms with E-state index in [1.807, 2.05) is 18.6 Å². The van der Waals surface area contributed by atoms with Crippen molar-refractivity contribution in [3.05, 3.63) is 23.5 Å². The molecule has 4 rings (SSSR count). The molecule has 0 aromatic carbocycles. The summed E-state index contributed by atoms with van der Waals surface area (Å²) in [6, 6.07) is 0.252. The van der Waals surface area contributed by atoms with Crippen molar-refractivity contribution in [1.82, 2.24) is 20.1 Å². The number of nitrogens with zero attached hydrogens (tertiary/aromatic N) is 3. The van der Waals surface area contributed by atoms with Crippen molar-refractivity contribution in [2.75, 3.05) is 0 Å². The molecule has 24 heavy (non-hydrogen) atoms. The summed E-state index contributed by atoms with van der Waals surface area (Å²) in [5.74, 6) is 0.671. The predicted molar refractivity (Wildman–Crippen MR) is 94.8 cm³/mol. The summed E-state index contributed by atoms with van der Waals surface area (Å²) in [5.41, 5.74) is 1.96. The maximum atomic E-state index is 12.7. The van der Waals surface area contributed by atoms with Gasteiger partial charge in [-0.1, -0.05) is 20.8 Å². The van der Waals surface area contributed by atoms with E-state index in [9.17, 15) is 4.79 Å². The van der Waals surface area contributed by atoms with Gasteiger partial charge in [-0.2, -0.15) is 5.10 Å². The van der Waals surface area contributed by atoms with Crippen molar-refractivity contribution in [3.63, 3.8) is 0 Å². The Morgan fingerprint density at radius 3 is 2.79 bits per heavy atom. The van der Waals surface area contributed by atoms with E-state index in [4.69, 9.17) is 0 Å². The van der Waals surface area contributed by atoms with E-state index < -0.39 is 0 Å². The van der Waals surface area contributed by atoms with Gasteiger partial charge in [0.05, 0.1) is 6.20 Å². The average Bonchev–Trinajstić information content (AvgIpc) is 3.24. The predicted octanol–water partition coefficient (Wildman–Crippen LogP) is 3.49. The molecule has 3 unspecified atom stereocenters. The Labute approximate surface area is 146 Å². The molecule has 2 aromatic rings. The van der Waals surface area contributed by atoms with Gasteiger partial charge in [0.2, 0.25) is 0 Å². The first-order valence-corrected chi connectivity index (χ1v) is 9.44. The normalized spacial score (nSPS) is 30.7. The van der Waals surface area contributed by atoms with Crippen LogP contribution in [0.25, 0.3) is 10.6 Å². The van der Waals surface area contributed by atoms with Crippen molar-refractivity contribution >= 4 is 17.2 Å². The molecule has 2 heterocycles. The number of hydrogen-bond acceptors (Lipinski definition) is 4. The lowest BCUT2D eigenvalue weighted by molar-refractivity contribution is 0.0822. The van der Waals surface area contributed by atoms with Gasteiger partial charge in [0.1, 0.15) is 10.7 Å². The van der Waals surface area contributed by atoms with Gasteiger partial charge >= 0.3 is 0 Å². The lowest BCUT2D eigenvalue weighted by atomic mass is 9.69. The van der Waals surface area contributed by atoms with Crippen molar-refractivity contribution in [3.8, 4) is 10.6 Å². The number of nitrogens with one attached hydrogen (secondary N) is 1. The topological polar surface area (TPSA) is 59.8 Å². The summed E-state index contributed by atoms with van der Waals surface area (Å²) in [6.07, 6.45) is 7.28. The fourth-order valence-electron chi connectivity index (χ4n) is 4.70. The minimum Gasteiger partial charge on any atom is -0.347 e. The molecule has 2 bridgehead atoms. The zero-order chi connectivity index (χ0) is 17.1. The second-order valence-corrected chi connectivity index (χ2v) is 8.94. The number of fused-ring (bicyclic) bond motifs is 2. The van der Waals surface area contributed by atoms with Crippen LogP contribution in [0.5, 0.6) is 0 Å². The first kappa shape index (κ1) is 15.8. The zero-order valence-electron chi connectivity index (χ0n) is 14.7. The average molecular weight is 344 g/mol. The largest absolute Gasteiger partial charge is 0.347 e. The molecular weight excluding hydrogens is 320 g/mol. The second kappa shape index (κ2) is 5.15. The van der Waals surface area contributed by atoms with Crippen LogP contribution in [0, 0.1) is 16.7 Å². The molecule has 5 nitrogen and oxygen atoms in total. The molecule has 0 aliphatic heterocycles. The number of aryl methyl sites for hydroxylation is 1. The summed E-state index contributed by atoms with van der Waals surface area (Å²) in [5, 5.41) is 10.1. The Kier molecular flexibility index (Phi) is 3.39. The quantitative estimate of drug-likeness (QED) is 0.927. The van der Waals surface area contributed by atoms with Gasteiger partial charge < -0.3 is 5.32 Å². The van der Waals surface area contributed by atoms with E-state index in [0.29, 0.717) is 17.0 Å². The van der Waals surface area contributed by atoms with Crippen molar-refractivity contribution in [2.45, 2.75) is 46.1 Å². The van der Waals surface area contributed by atoms with Crippen LogP contribution >= 0.6 is 11.3 Å². The van der Waals surface area contributed by atoms with Crippen molar-refractivity contribution in [1.29, 1.82) is 0 Å².